The first kappa shape index (κ1) is 13.6. The highest BCUT2D eigenvalue weighted by atomic mass is 16.2. The van der Waals surface area contributed by atoms with Crippen LogP contribution in [0.4, 0.5) is 10.5 Å². The highest BCUT2D eigenvalue weighted by Crippen LogP contribution is 2.28. The largest absolute Gasteiger partial charge is 0.334 e. The topological polar surface area (TPSA) is 41.1 Å². The molecule has 2 amide bonds. The lowest BCUT2D eigenvalue weighted by atomic mass is 9.86. The van der Waals surface area contributed by atoms with Gasteiger partial charge in [-0.3, -0.25) is 0 Å². The van der Waals surface area contributed by atoms with Crippen LogP contribution in [0.15, 0.2) is 18.2 Å². The summed E-state index contributed by atoms with van der Waals surface area (Å²) in [6.07, 6.45) is 0. The molecule has 0 aliphatic carbocycles. The van der Waals surface area contributed by atoms with Crippen molar-refractivity contribution in [3.8, 4) is 0 Å². The van der Waals surface area contributed by atoms with Crippen LogP contribution in [0.3, 0.4) is 0 Å². The van der Waals surface area contributed by atoms with Crippen LogP contribution in [-0.2, 0) is 12.0 Å². The van der Waals surface area contributed by atoms with E-state index in [0.29, 0.717) is 6.54 Å². The fourth-order valence-electron chi connectivity index (χ4n) is 1.66. The van der Waals surface area contributed by atoms with Crippen LogP contribution in [0, 0.1) is 0 Å². The van der Waals surface area contributed by atoms with Crippen molar-refractivity contribution < 1.29 is 4.79 Å². The molecule has 1 aromatic rings. The summed E-state index contributed by atoms with van der Waals surface area (Å²) in [5.74, 6) is 0. The number of urea groups is 1. The number of amides is 2. The Morgan fingerprint density at radius 2 is 1.82 bits per heavy atom. The molecule has 3 heteroatoms. The predicted molar refractivity (Wildman–Crippen MR) is 72.3 cm³/mol. The zero-order valence-electron chi connectivity index (χ0n) is 11.3. The highest BCUT2D eigenvalue weighted by molar-refractivity contribution is 5.92. The predicted octanol–water partition coefficient (Wildman–Crippen LogP) is 3.65. The van der Waals surface area contributed by atoms with Crippen molar-refractivity contribution in [2.45, 2.75) is 46.6 Å². The molecule has 0 radical (unpaired) electrons. The molecule has 1 heterocycles. The van der Waals surface area contributed by atoms with Gasteiger partial charge in [0.25, 0.3) is 0 Å². The molecule has 0 bridgehead atoms. The van der Waals surface area contributed by atoms with Gasteiger partial charge in [-0.25, -0.2) is 4.79 Å². The lowest BCUT2D eigenvalue weighted by Crippen LogP contribution is -2.33. The van der Waals surface area contributed by atoms with Crippen LogP contribution in [0.1, 0.15) is 45.7 Å². The van der Waals surface area contributed by atoms with Gasteiger partial charge in [-0.2, -0.15) is 0 Å². The second-order valence-corrected chi connectivity index (χ2v) is 4.93. The number of fused-ring (bicyclic) bond motifs is 1. The van der Waals surface area contributed by atoms with Crippen molar-refractivity contribution in [3.63, 3.8) is 0 Å². The molecular formula is C14H22N2O. The van der Waals surface area contributed by atoms with E-state index in [0.717, 1.165) is 11.3 Å². The molecule has 0 atom stereocenters. The molecule has 0 spiro atoms. The van der Waals surface area contributed by atoms with Crippen LogP contribution in [0.2, 0.25) is 0 Å². The van der Waals surface area contributed by atoms with Crippen molar-refractivity contribution in [2.75, 3.05) is 5.32 Å². The maximum Gasteiger partial charge on any atom is 0.319 e. The highest BCUT2D eigenvalue weighted by Gasteiger charge is 2.18. The number of benzene rings is 1. The number of hydrogen-bond donors (Lipinski definition) is 2. The van der Waals surface area contributed by atoms with Gasteiger partial charge < -0.3 is 10.6 Å². The van der Waals surface area contributed by atoms with E-state index in [4.69, 9.17) is 0 Å². The van der Waals surface area contributed by atoms with Crippen LogP contribution < -0.4 is 10.6 Å². The quantitative estimate of drug-likeness (QED) is 0.707. The van der Waals surface area contributed by atoms with E-state index in [1.807, 2.05) is 13.8 Å². The third kappa shape index (κ3) is 3.22. The van der Waals surface area contributed by atoms with E-state index in [1.54, 1.807) is 0 Å². The Labute approximate surface area is 104 Å². The zero-order valence-corrected chi connectivity index (χ0v) is 11.3. The number of hydrogen-bond acceptors (Lipinski definition) is 1. The summed E-state index contributed by atoms with van der Waals surface area (Å²) in [7, 11) is 0. The van der Waals surface area contributed by atoms with Gasteiger partial charge in [0.05, 0.1) is 0 Å². The van der Waals surface area contributed by atoms with Gasteiger partial charge in [-0.05, 0) is 22.6 Å². The number of rotatable bonds is 0. The minimum Gasteiger partial charge on any atom is -0.334 e. The normalized spacial score (nSPS) is 13.8. The molecule has 1 aliphatic heterocycles. The fourth-order valence-corrected chi connectivity index (χ4v) is 1.66. The maximum absolute atomic E-state index is 11.2. The molecule has 0 saturated carbocycles. The first-order valence-corrected chi connectivity index (χ1v) is 6.15. The van der Waals surface area contributed by atoms with Crippen molar-refractivity contribution in [1.82, 2.24) is 5.32 Å². The van der Waals surface area contributed by atoms with Crippen LogP contribution >= 0.6 is 0 Å². The third-order valence-electron chi connectivity index (χ3n) is 2.66. The average molecular weight is 234 g/mol. The number of anilines is 1. The number of carbonyl (C=O) groups excluding carboxylic acids is 1. The fraction of sp³-hybridized carbons (Fsp3) is 0.500. The van der Waals surface area contributed by atoms with Crippen LogP contribution in [0.5, 0.6) is 0 Å². The smallest absolute Gasteiger partial charge is 0.319 e. The van der Waals surface area contributed by atoms with Gasteiger partial charge in [0.15, 0.2) is 0 Å². The van der Waals surface area contributed by atoms with Crippen molar-refractivity contribution in [3.05, 3.63) is 29.3 Å². The number of nitrogens with one attached hydrogen (secondary N) is 2. The molecule has 0 saturated heterocycles. The molecule has 1 aliphatic rings. The van der Waals surface area contributed by atoms with Gasteiger partial charge in [0.2, 0.25) is 0 Å². The van der Waals surface area contributed by atoms with E-state index in [2.05, 4.69) is 49.6 Å². The Balaban J connectivity index is 0.000000686. The SMILES string of the molecule is CC.CC(C)(C)c1ccc2c(c1)NC(=O)NC2. The molecular weight excluding hydrogens is 212 g/mol. The Hall–Kier alpha value is -1.51. The van der Waals surface area contributed by atoms with Gasteiger partial charge in [0.1, 0.15) is 0 Å². The summed E-state index contributed by atoms with van der Waals surface area (Å²) in [6.45, 7) is 11.1. The molecule has 3 nitrogen and oxygen atoms in total. The van der Waals surface area contributed by atoms with E-state index in [9.17, 15) is 4.79 Å². The number of carbonyl (C=O) groups is 1. The first-order valence-electron chi connectivity index (χ1n) is 6.15. The summed E-state index contributed by atoms with van der Waals surface area (Å²) in [6, 6.07) is 6.14. The van der Waals surface area contributed by atoms with E-state index < -0.39 is 0 Å². The van der Waals surface area contributed by atoms with Crippen LogP contribution in [-0.4, -0.2) is 6.03 Å². The average Bonchev–Trinajstić information content (AvgIpc) is 2.29. The molecule has 2 N–H and O–H groups in total. The molecule has 17 heavy (non-hydrogen) atoms. The summed E-state index contributed by atoms with van der Waals surface area (Å²) in [4.78, 5) is 11.2. The van der Waals surface area contributed by atoms with Gasteiger partial charge >= 0.3 is 6.03 Å². The second-order valence-electron chi connectivity index (χ2n) is 4.93. The van der Waals surface area contributed by atoms with Gasteiger partial charge in [0, 0.05) is 12.2 Å². The summed E-state index contributed by atoms with van der Waals surface area (Å²) in [5, 5.41) is 5.57. The van der Waals surface area contributed by atoms with E-state index in [1.165, 1.54) is 5.56 Å². The maximum atomic E-state index is 11.2. The Bertz CT molecular complexity index is 405. The molecule has 0 fully saturated rings. The Kier molecular flexibility index (Phi) is 4.16. The Morgan fingerprint density at radius 1 is 1.18 bits per heavy atom. The summed E-state index contributed by atoms with van der Waals surface area (Å²) in [5.41, 5.74) is 3.43. The molecule has 0 aromatic heterocycles. The van der Waals surface area contributed by atoms with Crippen molar-refractivity contribution in [2.24, 2.45) is 0 Å². The summed E-state index contributed by atoms with van der Waals surface area (Å²) >= 11 is 0. The molecule has 1 aromatic carbocycles. The molecule has 2 rings (SSSR count). The summed E-state index contributed by atoms with van der Waals surface area (Å²) < 4.78 is 0. The monoisotopic (exact) mass is 234 g/mol. The van der Waals surface area contributed by atoms with Crippen LogP contribution in [0.25, 0.3) is 0 Å². The zero-order chi connectivity index (χ0) is 13.1. The first-order chi connectivity index (χ1) is 7.97. The lowest BCUT2D eigenvalue weighted by Gasteiger charge is -2.24. The molecule has 0 unspecified atom stereocenters. The van der Waals surface area contributed by atoms with Crippen molar-refractivity contribution in [1.29, 1.82) is 0 Å². The minimum absolute atomic E-state index is 0.116. The third-order valence-corrected chi connectivity index (χ3v) is 2.66. The van der Waals surface area contributed by atoms with E-state index >= 15 is 0 Å². The standard InChI is InChI=1S/C12H16N2O.C2H6/c1-12(2,3)9-5-4-8-7-13-11(15)14-10(8)6-9;1-2/h4-6H,7H2,1-3H3,(H2,13,14,15);1-2H3. The van der Waals surface area contributed by atoms with Gasteiger partial charge in [-0.15, -0.1) is 0 Å². The Morgan fingerprint density at radius 3 is 2.41 bits per heavy atom. The second kappa shape index (κ2) is 5.21. The van der Waals surface area contributed by atoms with E-state index in [-0.39, 0.29) is 11.4 Å². The van der Waals surface area contributed by atoms with Gasteiger partial charge in [-0.1, -0.05) is 46.8 Å². The minimum atomic E-state index is -0.117. The van der Waals surface area contributed by atoms with Crippen molar-refractivity contribution >= 4 is 11.7 Å². The molecule has 94 valence electrons. The lowest BCUT2D eigenvalue weighted by molar-refractivity contribution is 0.251.